The van der Waals surface area contributed by atoms with E-state index in [0.717, 1.165) is 93.1 Å². The molecule has 1 unspecified atom stereocenters. The molecule has 15 rings (SSSR count). The van der Waals surface area contributed by atoms with Crippen LogP contribution >= 0.6 is 0 Å². The van der Waals surface area contributed by atoms with Crippen LogP contribution in [0, 0.1) is 63.8 Å². The molecule has 5 heterocycles. The molecule has 5 radical (unpaired) electrons. The fraction of sp³-hybridized carbons (Fsp3) is 0.241. The Kier molecular flexibility index (Phi) is 46.4. The van der Waals surface area contributed by atoms with Crippen LogP contribution in [0.4, 0.5) is 4.39 Å². The Hall–Kier alpha value is -8.87. The van der Waals surface area contributed by atoms with Crippen molar-refractivity contribution in [3.8, 4) is 112 Å². The van der Waals surface area contributed by atoms with Gasteiger partial charge in [0.25, 0.3) is 0 Å². The molecule has 643 valence electrons. The molecule has 0 aliphatic heterocycles. The van der Waals surface area contributed by atoms with E-state index in [2.05, 4.69) is 325 Å². The molecule has 0 bridgehead atoms. The first kappa shape index (κ1) is 103. The molecular formula is C112H113FIr5N5-5. The molecule has 5 aromatic heterocycles. The summed E-state index contributed by atoms with van der Waals surface area (Å²) in [6.07, 6.45) is 29.1. The Labute approximate surface area is 802 Å². The second-order valence-electron chi connectivity index (χ2n) is 30.8. The van der Waals surface area contributed by atoms with Gasteiger partial charge >= 0.3 is 0 Å². The molecule has 0 saturated carbocycles. The van der Waals surface area contributed by atoms with Crippen LogP contribution in [0.3, 0.4) is 0 Å². The third kappa shape index (κ3) is 32.3. The standard InChI is InChI=1S/C24H26N.C22H21FN.3C22H22N.5Ir/c1-3-4-5-6-10-20-14-15-24(25-18-20)23-13-8-12-22(17-23)21-11-7-9-19(2)16-21;1-2-3-4-6-17-9-14-22(24-16-17)20-8-5-7-19(15-20)18-10-12-21(23)13-11-18;1-4-17(3)18-9-11-19(12-10-18)20-6-5-7-21(14-20)22-13-8-16(2)15-23-22;1-3-4-9-18-10-5-11-19(15-18)20-12-6-13-21(16-20)22-17(2)8-7-14-23-22;1-3-4-8-18-9-5-6-12-21(18)19-10-7-11-20(15-19)22-14-13-17(2)16-23-22;;;;;/h7-9,11-12,14-18H,3-6,10H2,1-2H3;5,7,9-16H,2-4,6H2,1H3;5-6,8-15,17H,4H2,1-3H3;5-8,10-12,14-16H,3-4,9H2,1-2H3;5-7,9-10,12-16H,3-4,8H2,1-2H3;;;;;/q5*-1;;;;;. The maximum absolute atomic E-state index is 13.1. The Balaban J connectivity index is 0.000000236. The normalized spacial score (nSPS) is 10.6. The Bertz CT molecular complexity index is 5540. The maximum Gasteiger partial charge on any atom is 0.123 e. The maximum atomic E-state index is 13.1. The van der Waals surface area contributed by atoms with Gasteiger partial charge in [0, 0.05) is 132 Å². The minimum atomic E-state index is -0.221. The van der Waals surface area contributed by atoms with Crippen molar-refractivity contribution in [2.45, 2.75) is 178 Å². The largest absolute Gasteiger partial charge is 0.304 e. The molecular weight excluding hydrogens is 2400 g/mol. The average molecular weight is 2510 g/mol. The van der Waals surface area contributed by atoms with Crippen molar-refractivity contribution in [2.24, 2.45) is 0 Å². The van der Waals surface area contributed by atoms with E-state index in [1.165, 1.54) is 184 Å². The van der Waals surface area contributed by atoms with Gasteiger partial charge < -0.3 is 24.9 Å². The van der Waals surface area contributed by atoms with Crippen LogP contribution in [-0.4, -0.2) is 24.9 Å². The predicted octanol–water partition coefficient (Wildman–Crippen LogP) is 30.5. The van der Waals surface area contributed by atoms with E-state index in [4.69, 9.17) is 0 Å². The molecule has 0 spiro atoms. The van der Waals surface area contributed by atoms with Crippen molar-refractivity contribution in [3.63, 3.8) is 0 Å². The summed E-state index contributed by atoms with van der Waals surface area (Å²) in [4.78, 5) is 22.8. The summed E-state index contributed by atoms with van der Waals surface area (Å²) in [5.74, 6) is 0.391. The van der Waals surface area contributed by atoms with Gasteiger partial charge in [0.1, 0.15) is 5.82 Å². The second-order valence-corrected chi connectivity index (χ2v) is 30.8. The van der Waals surface area contributed by atoms with E-state index < -0.39 is 0 Å². The fourth-order valence-corrected chi connectivity index (χ4v) is 14.1. The molecule has 10 aromatic carbocycles. The monoisotopic (exact) mass is 2510 g/mol. The predicted molar refractivity (Wildman–Crippen MR) is 496 cm³/mol. The smallest absolute Gasteiger partial charge is 0.123 e. The molecule has 0 fully saturated rings. The van der Waals surface area contributed by atoms with E-state index in [-0.39, 0.29) is 106 Å². The van der Waals surface area contributed by atoms with Crippen LogP contribution in [-0.2, 0) is 126 Å². The number of halogens is 1. The molecule has 0 saturated heterocycles. The minimum Gasteiger partial charge on any atom is -0.304 e. The van der Waals surface area contributed by atoms with Gasteiger partial charge in [-0.25, -0.2) is 4.39 Å². The third-order valence-corrected chi connectivity index (χ3v) is 21.4. The van der Waals surface area contributed by atoms with E-state index in [9.17, 15) is 4.39 Å². The van der Waals surface area contributed by atoms with Gasteiger partial charge in [-0.3, -0.25) is 0 Å². The number of hydrogen-bond donors (Lipinski definition) is 0. The van der Waals surface area contributed by atoms with Crippen LogP contribution in [0.25, 0.3) is 112 Å². The number of aromatic nitrogens is 5. The number of unbranched alkanes of at least 4 members (excludes halogenated alkanes) is 7. The number of pyridine rings is 5. The first-order chi connectivity index (χ1) is 57.7. The molecule has 123 heavy (non-hydrogen) atoms. The molecule has 5 nitrogen and oxygen atoms in total. The molecule has 15 aromatic rings. The van der Waals surface area contributed by atoms with E-state index in [0.29, 0.717) is 5.92 Å². The van der Waals surface area contributed by atoms with Crippen molar-refractivity contribution in [2.75, 3.05) is 0 Å². The topological polar surface area (TPSA) is 64.5 Å². The number of nitrogens with zero attached hydrogens (tertiary/aromatic N) is 5. The Morgan fingerprint density at radius 1 is 0.301 bits per heavy atom. The van der Waals surface area contributed by atoms with Crippen LogP contribution in [0.1, 0.15) is 175 Å². The van der Waals surface area contributed by atoms with Gasteiger partial charge in [-0.05, 0) is 205 Å². The minimum absolute atomic E-state index is 0. The zero-order chi connectivity index (χ0) is 82.6. The van der Waals surface area contributed by atoms with Crippen molar-refractivity contribution in [3.05, 3.63) is 390 Å². The quantitative estimate of drug-likeness (QED) is 0.0379. The third-order valence-electron chi connectivity index (χ3n) is 21.4. The Morgan fingerprint density at radius 3 is 1.20 bits per heavy atom. The fourth-order valence-electron chi connectivity index (χ4n) is 14.1. The van der Waals surface area contributed by atoms with Gasteiger partial charge in [0.05, 0.1) is 0 Å². The second kappa shape index (κ2) is 55.5. The number of benzene rings is 10. The van der Waals surface area contributed by atoms with E-state index in [1.54, 1.807) is 12.1 Å². The molecule has 0 aliphatic carbocycles. The van der Waals surface area contributed by atoms with Gasteiger partial charge in [-0.2, -0.15) is 0 Å². The van der Waals surface area contributed by atoms with Gasteiger partial charge in [0.15, 0.2) is 0 Å². The van der Waals surface area contributed by atoms with Gasteiger partial charge in [0.2, 0.25) is 0 Å². The average Bonchev–Trinajstić information content (AvgIpc) is 0.837. The zero-order valence-corrected chi connectivity index (χ0v) is 84.5. The number of rotatable bonds is 27. The van der Waals surface area contributed by atoms with Crippen molar-refractivity contribution in [1.82, 2.24) is 24.9 Å². The first-order valence-corrected chi connectivity index (χ1v) is 42.6. The van der Waals surface area contributed by atoms with Crippen LogP contribution in [0.5, 0.6) is 0 Å². The van der Waals surface area contributed by atoms with Gasteiger partial charge in [-0.1, -0.05) is 261 Å². The summed E-state index contributed by atoms with van der Waals surface area (Å²) < 4.78 is 13.1. The van der Waals surface area contributed by atoms with Crippen LogP contribution in [0.2, 0.25) is 0 Å². The molecule has 11 heteroatoms. The van der Waals surface area contributed by atoms with E-state index >= 15 is 0 Å². The van der Waals surface area contributed by atoms with Crippen molar-refractivity contribution < 1.29 is 105 Å². The summed E-state index contributed by atoms with van der Waals surface area (Å²) in [7, 11) is 0. The summed E-state index contributed by atoms with van der Waals surface area (Å²) in [5.41, 5.74) is 33.6. The van der Waals surface area contributed by atoms with Crippen molar-refractivity contribution in [1.29, 1.82) is 0 Å². The SMILES string of the molecule is CCC(C)c1ccc(-c2cc[c-]c(-c3ccc(C)cn3)c2)cc1.CCCCCCc1ccc(-c2[c-]ccc(-c3cccc(C)c3)c2)nc1.CCCCCc1ccc(-c2[c-]ccc(-c3ccc(F)cc3)c2)nc1.CCCCc1cccc(-c2cc[c-]c(-c3ncccc3C)c2)c1.CCCCc1ccccc1-c1cc[c-]c(-c2ccc(C)cn2)c1.[Ir].[Ir].[Ir].[Ir].[Ir]. The summed E-state index contributed by atoms with van der Waals surface area (Å²) in [6, 6.07) is 110. The number of aryl methyl sites for hydroxylation is 8. The van der Waals surface area contributed by atoms with Crippen LogP contribution in [0.15, 0.2) is 304 Å². The summed E-state index contributed by atoms with van der Waals surface area (Å²) >= 11 is 0. The summed E-state index contributed by atoms with van der Waals surface area (Å²) in [5, 5.41) is 0. The molecule has 0 amide bonds. The van der Waals surface area contributed by atoms with Crippen molar-refractivity contribution >= 4 is 0 Å². The summed E-state index contributed by atoms with van der Waals surface area (Å²) in [6.45, 7) is 21.8. The Morgan fingerprint density at radius 2 is 0.715 bits per heavy atom. The molecule has 1 atom stereocenters. The van der Waals surface area contributed by atoms with E-state index in [1.807, 2.05) is 79.5 Å². The molecule has 0 N–H and O–H groups in total. The molecule has 0 aliphatic rings. The number of hydrogen-bond acceptors (Lipinski definition) is 5. The van der Waals surface area contributed by atoms with Gasteiger partial charge in [-0.15, -0.1) is 177 Å². The zero-order valence-electron chi connectivity index (χ0n) is 72.5. The van der Waals surface area contributed by atoms with Crippen LogP contribution < -0.4 is 0 Å². The first-order valence-electron chi connectivity index (χ1n) is 42.6.